The van der Waals surface area contributed by atoms with Crippen molar-refractivity contribution in [1.29, 1.82) is 0 Å². The van der Waals surface area contributed by atoms with Gasteiger partial charge in [-0.25, -0.2) is 4.79 Å². The van der Waals surface area contributed by atoms with Gasteiger partial charge >= 0.3 is 30.4 Å². The van der Waals surface area contributed by atoms with Crippen molar-refractivity contribution in [3.05, 3.63) is 0 Å². The molecule has 0 atom stereocenters. The Balaban J connectivity index is 5.22. The molecule has 0 aromatic carbocycles. The molecule has 0 aliphatic rings. The maximum atomic E-state index is 12.2. The lowest BCUT2D eigenvalue weighted by Crippen LogP contribution is -2.57. The van der Waals surface area contributed by atoms with Crippen LogP contribution in [0.15, 0.2) is 0 Å². The van der Waals surface area contributed by atoms with Gasteiger partial charge in [-0.3, -0.25) is 0 Å². The first kappa shape index (κ1) is 15.8. The highest BCUT2D eigenvalue weighted by Gasteiger charge is 2.77. The zero-order valence-corrected chi connectivity index (χ0v) is 7.10. The van der Waals surface area contributed by atoms with E-state index < -0.39 is 30.4 Å². The smallest absolute Gasteiger partial charge is 0.368 e. The van der Waals surface area contributed by atoms with E-state index in [0.29, 0.717) is 0 Å². The largest absolute Gasteiger partial charge is 0.575 e. The van der Waals surface area contributed by atoms with E-state index in [1.54, 1.807) is 0 Å². The van der Waals surface area contributed by atoms with Crippen LogP contribution in [-0.4, -0.2) is 30.4 Å². The Labute approximate surface area is 85.1 Å². The lowest BCUT2D eigenvalue weighted by molar-refractivity contribution is -0.365. The van der Waals surface area contributed by atoms with E-state index in [9.17, 15) is 48.7 Å². The molecule has 0 heterocycles. The molecule has 0 aliphatic carbocycles. The summed E-state index contributed by atoms with van der Waals surface area (Å²) in [6, 6.07) is 0. The molecule has 12 heteroatoms. The van der Waals surface area contributed by atoms with Gasteiger partial charge in [-0.05, 0) is 0 Å². The van der Waals surface area contributed by atoms with Gasteiger partial charge in [0.2, 0.25) is 0 Å². The van der Waals surface area contributed by atoms with E-state index >= 15 is 0 Å². The van der Waals surface area contributed by atoms with E-state index in [2.05, 4.69) is 0 Å². The third kappa shape index (κ3) is 3.12. The van der Waals surface area contributed by atoms with Crippen LogP contribution in [0.25, 0.3) is 0 Å². The number of rotatable bonds is 2. The first-order valence-corrected chi connectivity index (χ1v) is 3.25. The molecule has 0 aromatic rings. The minimum absolute atomic E-state index is 1.82. The van der Waals surface area contributed by atoms with Gasteiger partial charge in [-0.1, -0.05) is 0 Å². The highest BCUT2D eigenvalue weighted by Crippen LogP contribution is 2.47. The van der Waals surface area contributed by atoms with Crippen LogP contribution >= 0.6 is 0 Å². The fraction of sp³-hybridized carbons (Fsp3) is 0.800. The van der Waals surface area contributed by atoms with Gasteiger partial charge in [0.15, 0.2) is 0 Å². The quantitative estimate of drug-likeness (QED) is 0.575. The molecule has 0 radical (unpaired) electrons. The van der Waals surface area contributed by atoms with Gasteiger partial charge < -0.3 is 4.74 Å². The van der Waals surface area contributed by atoms with Gasteiger partial charge in [0.05, 0.1) is 0 Å². The first-order valence-electron chi connectivity index (χ1n) is 3.25. The zero-order valence-electron chi connectivity index (χ0n) is 7.10. The molecule has 0 amide bonds. The topological polar surface area (TPSA) is 26.3 Å². The lowest BCUT2D eigenvalue weighted by atomic mass is 10.1. The van der Waals surface area contributed by atoms with Crippen LogP contribution in [0.3, 0.4) is 0 Å². The maximum Gasteiger partial charge on any atom is 0.575 e. The van der Waals surface area contributed by atoms with E-state index in [1.165, 1.54) is 0 Å². The van der Waals surface area contributed by atoms with Gasteiger partial charge in [-0.15, -0.1) is 13.2 Å². The van der Waals surface area contributed by atoms with Crippen molar-refractivity contribution in [2.45, 2.75) is 24.4 Å². The Kier molecular flexibility index (Phi) is 3.63. The summed E-state index contributed by atoms with van der Waals surface area (Å²) >= 11 is 0. The van der Waals surface area contributed by atoms with Gasteiger partial charge in [0, 0.05) is 0 Å². The second-order valence-electron chi connectivity index (χ2n) is 2.48. The van der Waals surface area contributed by atoms with Crippen LogP contribution < -0.4 is 0 Å². The van der Waals surface area contributed by atoms with Crippen LogP contribution in [0.5, 0.6) is 0 Å². The first-order chi connectivity index (χ1) is 7.13. The number of hydrogen-bond acceptors (Lipinski definition) is 2. The Hall–Kier alpha value is -1.23. The predicted molar refractivity (Wildman–Crippen MR) is 28.1 cm³/mol. The van der Waals surface area contributed by atoms with Crippen LogP contribution in [0.1, 0.15) is 0 Å². The normalized spacial score (nSPS) is 14.7. The average molecular weight is 282 g/mol. The standard InChI is InChI=1S/C5F10O2/c6-2(7,1(16)17-5(13,14)15)3(8,9)4(10,11)12. The summed E-state index contributed by atoms with van der Waals surface area (Å²) in [6.45, 7) is 0. The van der Waals surface area contributed by atoms with E-state index in [0.717, 1.165) is 0 Å². The fourth-order valence-corrected chi connectivity index (χ4v) is 0.475. The van der Waals surface area contributed by atoms with Crippen LogP contribution in [-0.2, 0) is 9.53 Å². The molecule has 0 saturated carbocycles. The molecular weight excluding hydrogens is 282 g/mol. The number of carbonyl (C=O) groups is 1. The maximum absolute atomic E-state index is 12.2. The Bertz CT molecular complexity index is 299. The summed E-state index contributed by atoms with van der Waals surface area (Å²) in [7, 11) is 0. The van der Waals surface area contributed by atoms with Crippen LogP contribution in [0.2, 0.25) is 0 Å². The molecule has 2 nitrogen and oxygen atoms in total. The van der Waals surface area contributed by atoms with Gasteiger partial charge in [-0.2, -0.15) is 30.7 Å². The lowest BCUT2D eigenvalue weighted by Gasteiger charge is -2.26. The molecule has 0 N–H and O–H groups in total. The van der Waals surface area contributed by atoms with Crippen LogP contribution in [0.4, 0.5) is 43.9 Å². The zero-order chi connectivity index (χ0) is 14.3. The van der Waals surface area contributed by atoms with Crippen molar-refractivity contribution in [2.75, 3.05) is 0 Å². The molecule has 0 aliphatic heterocycles. The number of halogens is 10. The third-order valence-corrected chi connectivity index (χ3v) is 1.22. The summed E-state index contributed by atoms with van der Waals surface area (Å²) in [5, 5.41) is 0. The molecule has 0 unspecified atom stereocenters. The summed E-state index contributed by atoms with van der Waals surface area (Å²) in [5.74, 6) is -17.7. The average Bonchev–Trinajstić information content (AvgIpc) is 1.97. The highest BCUT2D eigenvalue weighted by molar-refractivity contribution is 5.79. The van der Waals surface area contributed by atoms with E-state index in [4.69, 9.17) is 0 Å². The monoisotopic (exact) mass is 282 g/mol. The molecule has 0 spiro atoms. The summed E-state index contributed by atoms with van der Waals surface area (Å²) < 4.78 is 118. The van der Waals surface area contributed by atoms with Gasteiger partial charge in [0.25, 0.3) is 0 Å². The van der Waals surface area contributed by atoms with Crippen LogP contribution in [0, 0.1) is 0 Å². The number of ether oxygens (including phenoxy) is 1. The predicted octanol–water partition coefficient (Wildman–Crippen LogP) is 2.88. The van der Waals surface area contributed by atoms with Crippen molar-refractivity contribution in [2.24, 2.45) is 0 Å². The molecule has 17 heavy (non-hydrogen) atoms. The van der Waals surface area contributed by atoms with Crippen molar-refractivity contribution >= 4 is 5.97 Å². The number of esters is 1. The van der Waals surface area contributed by atoms with E-state index in [1.807, 2.05) is 4.74 Å². The van der Waals surface area contributed by atoms with Crippen molar-refractivity contribution in [1.82, 2.24) is 0 Å². The van der Waals surface area contributed by atoms with Crippen molar-refractivity contribution < 1.29 is 53.4 Å². The molecule has 0 fully saturated rings. The molecular formula is C5F10O2. The van der Waals surface area contributed by atoms with Gasteiger partial charge in [0.1, 0.15) is 0 Å². The van der Waals surface area contributed by atoms with E-state index in [-0.39, 0.29) is 0 Å². The third-order valence-electron chi connectivity index (χ3n) is 1.22. The number of alkyl halides is 10. The van der Waals surface area contributed by atoms with Crippen molar-refractivity contribution in [3.63, 3.8) is 0 Å². The summed E-state index contributed by atoms with van der Waals surface area (Å²) in [4.78, 5) is 9.90. The Morgan fingerprint density at radius 3 is 1.35 bits per heavy atom. The minimum Gasteiger partial charge on any atom is -0.368 e. The second-order valence-corrected chi connectivity index (χ2v) is 2.48. The fourth-order valence-electron chi connectivity index (χ4n) is 0.475. The molecule has 0 aromatic heterocycles. The molecule has 0 bridgehead atoms. The SMILES string of the molecule is O=C(OC(F)(F)F)C(F)(F)C(F)(F)C(F)(F)F. The molecule has 0 rings (SSSR count). The Morgan fingerprint density at radius 1 is 0.765 bits per heavy atom. The Morgan fingerprint density at radius 2 is 1.12 bits per heavy atom. The molecule has 102 valence electrons. The summed E-state index contributed by atoms with van der Waals surface area (Å²) in [6.07, 6.45) is -13.0. The summed E-state index contributed by atoms with van der Waals surface area (Å²) in [5.41, 5.74) is 0. The molecule has 0 saturated heterocycles. The number of carbonyl (C=O) groups excluding carboxylic acids is 1. The van der Waals surface area contributed by atoms with Crippen molar-refractivity contribution in [3.8, 4) is 0 Å². The minimum atomic E-state index is -6.98. The number of hydrogen-bond donors (Lipinski definition) is 0. The highest BCUT2D eigenvalue weighted by atomic mass is 19.4. The second kappa shape index (κ2) is 3.91.